The van der Waals surface area contributed by atoms with Gasteiger partial charge in [-0.2, -0.15) is 18.3 Å². The molecule has 22 heavy (non-hydrogen) atoms. The summed E-state index contributed by atoms with van der Waals surface area (Å²) in [7, 11) is 1.10. The van der Waals surface area contributed by atoms with Gasteiger partial charge in [-0.1, -0.05) is 0 Å². The maximum absolute atomic E-state index is 13.7. The summed E-state index contributed by atoms with van der Waals surface area (Å²) in [4.78, 5) is 11.5. The molecule has 0 fully saturated rings. The van der Waals surface area contributed by atoms with Crippen LogP contribution >= 0.6 is 0 Å². The number of benzene rings is 1. The van der Waals surface area contributed by atoms with Crippen molar-refractivity contribution in [2.24, 2.45) is 0 Å². The fourth-order valence-electron chi connectivity index (χ4n) is 2.10. The average molecular weight is 316 g/mol. The molecule has 0 aliphatic rings. The van der Waals surface area contributed by atoms with E-state index in [0.29, 0.717) is 6.20 Å². The summed E-state index contributed by atoms with van der Waals surface area (Å²) >= 11 is 0. The van der Waals surface area contributed by atoms with Gasteiger partial charge in [0.1, 0.15) is 11.4 Å². The van der Waals surface area contributed by atoms with Crippen molar-refractivity contribution in [3.8, 4) is 11.3 Å². The van der Waals surface area contributed by atoms with E-state index in [0.717, 1.165) is 30.0 Å². The van der Waals surface area contributed by atoms with Gasteiger partial charge in [0.2, 0.25) is 0 Å². The number of esters is 1. The van der Waals surface area contributed by atoms with Crippen LogP contribution in [-0.4, -0.2) is 22.9 Å². The fourth-order valence-corrected chi connectivity index (χ4v) is 2.10. The topological polar surface area (TPSA) is 44.1 Å². The van der Waals surface area contributed by atoms with E-state index in [1.165, 1.54) is 0 Å². The minimum absolute atomic E-state index is 0.0907. The first-order chi connectivity index (χ1) is 10.3. The second-order valence-electron chi connectivity index (χ2n) is 4.44. The van der Waals surface area contributed by atoms with Crippen LogP contribution in [0.1, 0.15) is 22.8 Å². The van der Waals surface area contributed by atoms with E-state index < -0.39 is 23.5 Å². The quantitative estimate of drug-likeness (QED) is 0.643. The van der Waals surface area contributed by atoms with Crippen molar-refractivity contribution in [1.82, 2.24) is 9.78 Å². The predicted molar refractivity (Wildman–Crippen MR) is 69.6 cm³/mol. The molecule has 2 aromatic rings. The van der Waals surface area contributed by atoms with E-state index in [-0.39, 0.29) is 23.4 Å². The number of hydrogen-bond acceptors (Lipinski definition) is 3. The zero-order valence-electron chi connectivity index (χ0n) is 11.7. The van der Waals surface area contributed by atoms with E-state index >= 15 is 0 Å². The summed E-state index contributed by atoms with van der Waals surface area (Å²) < 4.78 is 58.4. The lowest BCUT2D eigenvalue weighted by Gasteiger charge is -2.12. The molecule has 0 saturated carbocycles. The smallest absolute Gasteiger partial charge is 0.420 e. The minimum atomic E-state index is -4.64. The Labute approximate surface area is 123 Å². The Balaban J connectivity index is 2.68. The number of carbonyl (C=O) groups excluding carboxylic acids is 1. The molecular weight excluding hydrogens is 304 g/mol. The van der Waals surface area contributed by atoms with Gasteiger partial charge in [0, 0.05) is 12.1 Å². The minimum Gasteiger partial charge on any atom is -0.465 e. The van der Waals surface area contributed by atoms with Crippen molar-refractivity contribution < 1.29 is 27.1 Å². The number of halogens is 4. The van der Waals surface area contributed by atoms with Gasteiger partial charge in [-0.05, 0) is 25.1 Å². The number of nitrogens with zero attached hydrogens (tertiary/aromatic N) is 2. The molecule has 0 aliphatic carbocycles. The number of rotatable bonds is 3. The van der Waals surface area contributed by atoms with Crippen LogP contribution in [0.2, 0.25) is 0 Å². The van der Waals surface area contributed by atoms with Gasteiger partial charge in [-0.15, -0.1) is 0 Å². The second kappa shape index (κ2) is 5.78. The molecule has 1 aromatic heterocycles. The normalized spacial score (nSPS) is 11.5. The van der Waals surface area contributed by atoms with Gasteiger partial charge in [0.05, 0.1) is 24.6 Å². The average Bonchev–Trinajstić information content (AvgIpc) is 2.89. The van der Waals surface area contributed by atoms with Gasteiger partial charge in [-0.25, -0.2) is 9.18 Å². The van der Waals surface area contributed by atoms with Gasteiger partial charge >= 0.3 is 12.1 Å². The van der Waals surface area contributed by atoms with Crippen LogP contribution in [0.3, 0.4) is 0 Å². The molecular formula is C14H12F4N2O2. The van der Waals surface area contributed by atoms with Gasteiger partial charge < -0.3 is 4.74 Å². The second-order valence-corrected chi connectivity index (χ2v) is 4.44. The van der Waals surface area contributed by atoms with Crippen molar-refractivity contribution in [3.05, 3.63) is 41.3 Å². The molecule has 1 heterocycles. The molecule has 0 N–H and O–H groups in total. The van der Waals surface area contributed by atoms with Crippen molar-refractivity contribution >= 4 is 5.97 Å². The number of aromatic nitrogens is 2. The van der Waals surface area contributed by atoms with Crippen molar-refractivity contribution in [2.75, 3.05) is 7.11 Å². The molecule has 0 atom stereocenters. The molecule has 2 rings (SSSR count). The molecule has 4 nitrogen and oxygen atoms in total. The first-order valence-electron chi connectivity index (χ1n) is 6.30. The Morgan fingerprint density at radius 1 is 1.32 bits per heavy atom. The number of hydrogen-bond donors (Lipinski definition) is 0. The monoisotopic (exact) mass is 316 g/mol. The third kappa shape index (κ3) is 2.95. The Hall–Kier alpha value is -2.38. The summed E-state index contributed by atoms with van der Waals surface area (Å²) in [6, 6.07) is 2.97. The number of ether oxygens (including phenoxy) is 1. The van der Waals surface area contributed by atoms with E-state index in [1.54, 1.807) is 6.92 Å². The van der Waals surface area contributed by atoms with Gasteiger partial charge in [-0.3, -0.25) is 4.68 Å². The van der Waals surface area contributed by atoms with Crippen LogP contribution in [0.15, 0.2) is 24.4 Å². The fraction of sp³-hybridized carbons (Fsp3) is 0.286. The summed E-state index contributed by atoms with van der Waals surface area (Å²) in [5, 5.41) is 3.66. The zero-order valence-corrected chi connectivity index (χ0v) is 11.7. The molecule has 0 aliphatic heterocycles. The van der Waals surface area contributed by atoms with Crippen molar-refractivity contribution in [2.45, 2.75) is 19.6 Å². The molecule has 0 saturated heterocycles. The lowest BCUT2D eigenvalue weighted by Crippen LogP contribution is -2.09. The maximum atomic E-state index is 13.7. The third-order valence-electron chi connectivity index (χ3n) is 3.04. The molecule has 0 spiro atoms. The van der Waals surface area contributed by atoms with Crippen molar-refractivity contribution in [3.63, 3.8) is 0 Å². The summed E-state index contributed by atoms with van der Waals surface area (Å²) in [6.07, 6.45) is -3.96. The Kier molecular flexibility index (Phi) is 4.20. The number of methoxy groups -OCH3 is 1. The summed E-state index contributed by atoms with van der Waals surface area (Å²) in [6.45, 7) is 1.77. The highest BCUT2D eigenvalue weighted by Crippen LogP contribution is 2.37. The number of alkyl halides is 3. The van der Waals surface area contributed by atoms with Crippen LogP contribution in [0, 0.1) is 5.82 Å². The van der Waals surface area contributed by atoms with Crippen LogP contribution < -0.4 is 0 Å². The summed E-state index contributed by atoms with van der Waals surface area (Å²) in [5.41, 5.74) is -1.54. The Bertz CT molecular complexity index is 707. The highest BCUT2D eigenvalue weighted by molar-refractivity contribution is 5.91. The first kappa shape index (κ1) is 16.0. The van der Waals surface area contributed by atoms with Crippen LogP contribution in [0.4, 0.5) is 17.6 Å². The van der Waals surface area contributed by atoms with Crippen LogP contribution in [0.5, 0.6) is 0 Å². The van der Waals surface area contributed by atoms with E-state index in [4.69, 9.17) is 0 Å². The SMILES string of the molecule is CCn1ncc(C(F)(F)F)c1-c1cc(F)cc(C(=O)OC)c1. The van der Waals surface area contributed by atoms with E-state index in [9.17, 15) is 22.4 Å². The van der Waals surface area contributed by atoms with Crippen LogP contribution in [0.25, 0.3) is 11.3 Å². The highest BCUT2D eigenvalue weighted by Gasteiger charge is 2.36. The number of carbonyl (C=O) groups is 1. The maximum Gasteiger partial charge on any atom is 0.420 e. The molecule has 0 bridgehead atoms. The van der Waals surface area contributed by atoms with Crippen LogP contribution in [-0.2, 0) is 17.5 Å². The third-order valence-corrected chi connectivity index (χ3v) is 3.04. The highest BCUT2D eigenvalue weighted by atomic mass is 19.4. The van der Waals surface area contributed by atoms with E-state index in [2.05, 4.69) is 9.84 Å². The Morgan fingerprint density at radius 2 is 2.00 bits per heavy atom. The molecule has 0 unspecified atom stereocenters. The first-order valence-corrected chi connectivity index (χ1v) is 6.30. The molecule has 118 valence electrons. The lowest BCUT2D eigenvalue weighted by atomic mass is 10.0. The standard InChI is InChI=1S/C14H12F4N2O2/c1-3-20-12(11(7-19-20)14(16,17)18)8-4-9(13(21)22-2)6-10(15)5-8/h4-7H,3H2,1-2H3. The number of aryl methyl sites for hydroxylation is 1. The predicted octanol–water partition coefficient (Wildman–Crippen LogP) is 3.51. The van der Waals surface area contributed by atoms with Crippen molar-refractivity contribution in [1.29, 1.82) is 0 Å². The zero-order chi connectivity index (χ0) is 16.5. The molecule has 1 aromatic carbocycles. The van der Waals surface area contributed by atoms with Gasteiger partial charge in [0.25, 0.3) is 0 Å². The molecule has 0 radical (unpaired) electrons. The lowest BCUT2D eigenvalue weighted by molar-refractivity contribution is -0.137. The van der Waals surface area contributed by atoms with E-state index in [1.807, 2.05) is 0 Å². The Morgan fingerprint density at radius 3 is 2.55 bits per heavy atom. The largest absolute Gasteiger partial charge is 0.465 e. The molecule has 0 amide bonds. The molecule has 8 heteroatoms. The summed E-state index contributed by atoms with van der Waals surface area (Å²) in [5.74, 6) is -1.67. The van der Waals surface area contributed by atoms with Gasteiger partial charge in [0.15, 0.2) is 0 Å².